The van der Waals surface area contributed by atoms with Gasteiger partial charge in [-0.05, 0) is 48.9 Å². The molecule has 0 saturated carbocycles. The summed E-state index contributed by atoms with van der Waals surface area (Å²) in [6.45, 7) is 1.92. The zero-order valence-corrected chi connectivity index (χ0v) is 23.4. The standard InChI is InChI=1S/C32H27N3O3S2/c1-22-29(23-11-5-2-6-12-23)34-32(39-22)35-31(37)30(24-13-7-3-8-14-24)40-27-19-17-25(18-20-27)33-28(36)21-38-26-15-9-4-10-16-26/h2-20,30H,21H2,1H3,(H,33,36)(H,34,35,37). The maximum atomic E-state index is 13.5. The highest BCUT2D eigenvalue weighted by Gasteiger charge is 2.24. The molecular weight excluding hydrogens is 539 g/mol. The first kappa shape index (κ1) is 27.2. The highest BCUT2D eigenvalue weighted by Crippen LogP contribution is 2.38. The Morgan fingerprint density at radius 1 is 0.825 bits per heavy atom. The van der Waals surface area contributed by atoms with E-state index in [-0.39, 0.29) is 18.4 Å². The largest absolute Gasteiger partial charge is 0.484 e. The van der Waals surface area contributed by atoms with Crippen molar-refractivity contribution in [2.75, 3.05) is 17.2 Å². The Morgan fingerprint density at radius 3 is 2.12 bits per heavy atom. The molecule has 5 rings (SSSR count). The molecule has 0 fully saturated rings. The van der Waals surface area contributed by atoms with Crippen molar-refractivity contribution in [2.45, 2.75) is 17.1 Å². The van der Waals surface area contributed by atoms with E-state index in [1.54, 1.807) is 12.1 Å². The maximum Gasteiger partial charge on any atom is 0.262 e. The molecule has 0 aliphatic heterocycles. The molecule has 2 N–H and O–H groups in total. The predicted octanol–water partition coefficient (Wildman–Crippen LogP) is 7.61. The monoisotopic (exact) mass is 565 g/mol. The van der Waals surface area contributed by atoms with Crippen LogP contribution in [0.5, 0.6) is 5.75 Å². The van der Waals surface area contributed by atoms with E-state index in [2.05, 4.69) is 10.6 Å². The molecule has 0 saturated heterocycles. The van der Waals surface area contributed by atoms with Gasteiger partial charge in [0.1, 0.15) is 11.0 Å². The van der Waals surface area contributed by atoms with Crippen molar-refractivity contribution in [2.24, 2.45) is 0 Å². The third-order valence-electron chi connectivity index (χ3n) is 5.92. The molecule has 2 amide bonds. The fraction of sp³-hybridized carbons (Fsp3) is 0.0938. The van der Waals surface area contributed by atoms with E-state index in [4.69, 9.17) is 9.72 Å². The number of hydrogen-bond acceptors (Lipinski definition) is 6. The van der Waals surface area contributed by atoms with E-state index in [0.717, 1.165) is 26.6 Å². The second-order valence-corrected chi connectivity index (χ2v) is 11.2. The van der Waals surface area contributed by atoms with Gasteiger partial charge in [-0.15, -0.1) is 23.1 Å². The van der Waals surface area contributed by atoms with Crippen molar-refractivity contribution in [3.63, 3.8) is 0 Å². The average Bonchev–Trinajstić information content (AvgIpc) is 3.36. The number of nitrogens with one attached hydrogen (secondary N) is 2. The van der Waals surface area contributed by atoms with Crippen LogP contribution in [0.15, 0.2) is 120 Å². The Morgan fingerprint density at radius 2 is 1.45 bits per heavy atom. The molecule has 6 nitrogen and oxygen atoms in total. The Balaban J connectivity index is 1.25. The molecule has 1 aromatic heterocycles. The van der Waals surface area contributed by atoms with Gasteiger partial charge in [-0.1, -0.05) is 78.9 Å². The van der Waals surface area contributed by atoms with Crippen molar-refractivity contribution >= 4 is 45.7 Å². The van der Waals surface area contributed by atoms with Gasteiger partial charge in [0.15, 0.2) is 11.7 Å². The van der Waals surface area contributed by atoms with Crippen LogP contribution in [0.1, 0.15) is 15.7 Å². The summed E-state index contributed by atoms with van der Waals surface area (Å²) in [4.78, 5) is 32.5. The van der Waals surface area contributed by atoms with Crippen LogP contribution in [0.2, 0.25) is 0 Å². The Hall–Kier alpha value is -4.40. The number of anilines is 2. The summed E-state index contributed by atoms with van der Waals surface area (Å²) in [5, 5.41) is 5.95. The SMILES string of the molecule is Cc1sc(NC(=O)C(Sc2ccc(NC(=O)COc3ccccc3)cc2)c2ccccc2)nc1-c1ccccc1. The number of amides is 2. The Kier molecular flexibility index (Phi) is 8.90. The molecule has 0 radical (unpaired) electrons. The minimum atomic E-state index is -0.495. The molecule has 1 unspecified atom stereocenters. The number of aromatic nitrogens is 1. The number of thioether (sulfide) groups is 1. The second kappa shape index (κ2) is 13.1. The van der Waals surface area contributed by atoms with Gasteiger partial charge >= 0.3 is 0 Å². The lowest BCUT2D eigenvalue weighted by molar-refractivity contribution is -0.118. The van der Waals surface area contributed by atoms with Crippen LogP contribution in [-0.2, 0) is 9.59 Å². The molecule has 5 aromatic rings. The number of carbonyl (C=O) groups excluding carboxylic acids is 2. The number of hydrogen-bond donors (Lipinski definition) is 2. The van der Waals surface area contributed by atoms with Gasteiger partial charge in [-0.3, -0.25) is 9.59 Å². The minimum absolute atomic E-state index is 0.0843. The van der Waals surface area contributed by atoms with E-state index < -0.39 is 5.25 Å². The topological polar surface area (TPSA) is 80.3 Å². The normalized spacial score (nSPS) is 11.4. The van der Waals surface area contributed by atoms with Gasteiger partial charge in [0.25, 0.3) is 5.91 Å². The number of aryl methyl sites for hydroxylation is 1. The van der Waals surface area contributed by atoms with E-state index in [0.29, 0.717) is 16.6 Å². The summed E-state index contributed by atoms with van der Waals surface area (Å²) in [7, 11) is 0. The fourth-order valence-corrected chi connectivity index (χ4v) is 5.86. The van der Waals surface area contributed by atoms with Gasteiger partial charge in [0.05, 0.1) is 5.69 Å². The second-order valence-electron chi connectivity index (χ2n) is 8.86. The van der Waals surface area contributed by atoms with Crippen LogP contribution in [0, 0.1) is 6.92 Å². The van der Waals surface area contributed by atoms with Crippen molar-refractivity contribution in [3.8, 4) is 17.0 Å². The summed E-state index contributed by atoms with van der Waals surface area (Å²) in [6.07, 6.45) is 0. The maximum absolute atomic E-state index is 13.5. The number of ether oxygens (including phenoxy) is 1. The van der Waals surface area contributed by atoms with E-state index in [1.165, 1.54) is 23.1 Å². The molecule has 0 aliphatic carbocycles. The van der Waals surface area contributed by atoms with Crippen molar-refractivity contribution in [3.05, 3.63) is 126 Å². The third kappa shape index (κ3) is 7.16. The van der Waals surface area contributed by atoms with Crippen LogP contribution < -0.4 is 15.4 Å². The van der Waals surface area contributed by atoms with Gasteiger partial charge in [0.2, 0.25) is 5.91 Å². The lowest BCUT2D eigenvalue weighted by atomic mass is 10.1. The van der Waals surface area contributed by atoms with Crippen LogP contribution in [-0.4, -0.2) is 23.4 Å². The third-order valence-corrected chi connectivity index (χ3v) is 8.07. The molecule has 8 heteroatoms. The number of nitrogens with zero attached hydrogens (tertiary/aromatic N) is 1. The van der Waals surface area contributed by atoms with E-state index in [1.807, 2.05) is 110 Å². The summed E-state index contributed by atoms with van der Waals surface area (Å²) in [5.41, 5.74) is 3.43. The molecule has 1 atom stereocenters. The highest BCUT2D eigenvalue weighted by atomic mass is 32.2. The molecule has 0 bridgehead atoms. The zero-order chi connectivity index (χ0) is 27.7. The Bertz CT molecular complexity index is 1560. The first-order valence-corrected chi connectivity index (χ1v) is 14.4. The predicted molar refractivity (Wildman–Crippen MR) is 163 cm³/mol. The number of carbonyl (C=O) groups is 2. The van der Waals surface area contributed by atoms with Crippen LogP contribution >= 0.6 is 23.1 Å². The smallest absolute Gasteiger partial charge is 0.262 e. The molecule has 0 aliphatic rings. The molecular formula is C32H27N3O3S2. The van der Waals surface area contributed by atoms with Crippen LogP contribution in [0.4, 0.5) is 10.8 Å². The number of thiazole rings is 1. The van der Waals surface area contributed by atoms with Gasteiger partial charge < -0.3 is 15.4 Å². The van der Waals surface area contributed by atoms with Crippen LogP contribution in [0.3, 0.4) is 0 Å². The summed E-state index contributed by atoms with van der Waals surface area (Å²) < 4.78 is 5.51. The first-order valence-electron chi connectivity index (χ1n) is 12.7. The van der Waals surface area contributed by atoms with Crippen LogP contribution in [0.25, 0.3) is 11.3 Å². The Labute approximate surface area is 241 Å². The summed E-state index contributed by atoms with van der Waals surface area (Å²) in [5.74, 6) is 0.234. The number of rotatable bonds is 10. The van der Waals surface area contributed by atoms with Crippen molar-refractivity contribution in [1.29, 1.82) is 0 Å². The minimum Gasteiger partial charge on any atom is -0.484 e. The lowest BCUT2D eigenvalue weighted by Crippen LogP contribution is -2.20. The zero-order valence-electron chi connectivity index (χ0n) is 21.7. The summed E-state index contributed by atoms with van der Waals surface area (Å²) in [6, 6.07) is 36.2. The first-order chi connectivity index (χ1) is 19.5. The molecule has 4 aromatic carbocycles. The van der Waals surface area contributed by atoms with E-state index in [9.17, 15) is 9.59 Å². The molecule has 0 spiro atoms. The van der Waals surface area contributed by atoms with Crippen molar-refractivity contribution < 1.29 is 14.3 Å². The van der Waals surface area contributed by atoms with Gasteiger partial charge in [0, 0.05) is 21.0 Å². The molecule has 40 heavy (non-hydrogen) atoms. The van der Waals surface area contributed by atoms with Gasteiger partial charge in [-0.2, -0.15) is 0 Å². The molecule has 1 heterocycles. The quantitative estimate of drug-likeness (QED) is 0.170. The fourth-order valence-electron chi connectivity index (χ4n) is 4.00. The lowest BCUT2D eigenvalue weighted by Gasteiger charge is -2.16. The van der Waals surface area contributed by atoms with E-state index >= 15 is 0 Å². The van der Waals surface area contributed by atoms with Gasteiger partial charge in [-0.25, -0.2) is 4.98 Å². The highest BCUT2D eigenvalue weighted by molar-refractivity contribution is 8.00. The number of para-hydroxylation sites is 1. The number of benzene rings is 4. The summed E-state index contributed by atoms with van der Waals surface area (Å²) >= 11 is 2.90. The molecule has 200 valence electrons. The average molecular weight is 566 g/mol. The van der Waals surface area contributed by atoms with Crippen molar-refractivity contribution in [1.82, 2.24) is 4.98 Å².